The topological polar surface area (TPSA) is 55.1 Å². The summed E-state index contributed by atoms with van der Waals surface area (Å²) in [5, 5.41) is 2.92. The molecule has 3 N–H and O–H groups in total. The summed E-state index contributed by atoms with van der Waals surface area (Å²) in [5.74, 6) is 0.484. The first-order chi connectivity index (χ1) is 7.60. The number of nitrogens with two attached hydrogens (primary N) is 1. The number of carbonyl (C=O) groups excluding carboxylic acids is 1. The summed E-state index contributed by atoms with van der Waals surface area (Å²) in [4.78, 5) is 12.2. The fraction of sp³-hybridized carbons (Fsp3) is 0.846. The smallest absolute Gasteiger partial charge is 0.220 e. The van der Waals surface area contributed by atoms with Crippen molar-refractivity contribution in [1.82, 2.24) is 5.32 Å². The molecule has 0 aliphatic rings. The van der Waals surface area contributed by atoms with Crippen molar-refractivity contribution in [3.63, 3.8) is 0 Å². The molecule has 0 aliphatic heterocycles. The van der Waals surface area contributed by atoms with E-state index in [1.54, 1.807) is 0 Å². The number of rotatable bonds is 6. The zero-order valence-electron chi connectivity index (χ0n) is 11.7. The third-order valence-corrected chi connectivity index (χ3v) is 2.58. The summed E-state index contributed by atoms with van der Waals surface area (Å²) in [5.41, 5.74) is 5.70. The molecule has 100 valence electrons. The van der Waals surface area contributed by atoms with Gasteiger partial charge in [-0.2, -0.15) is 0 Å². The van der Waals surface area contributed by atoms with E-state index in [4.69, 9.17) is 18.0 Å². The van der Waals surface area contributed by atoms with Crippen LogP contribution in [0.3, 0.4) is 0 Å². The second-order valence-corrected chi connectivity index (χ2v) is 6.74. The van der Waals surface area contributed by atoms with Gasteiger partial charge in [0.15, 0.2) is 0 Å². The van der Waals surface area contributed by atoms with Crippen molar-refractivity contribution in [3.05, 3.63) is 0 Å². The van der Waals surface area contributed by atoms with Crippen molar-refractivity contribution in [2.45, 2.75) is 59.9 Å². The first kappa shape index (κ1) is 16.4. The fourth-order valence-corrected chi connectivity index (χ4v) is 2.37. The van der Waals surface area contributed by atoms with Crippen LogP contribution < -0.4 is 11.1 Å². The van der Waals surface area contributed by atoms with Crippen LogP contribution >= 0.6 is 12.2 Å². The van der Waals surface area contributed by atoms with Gasteiger partial charge in [0.05, 0.1) is 4.99 Å². The molecule has 2 atom stereocenters. The lowest BCUT2D eigenvalue weighted by atomic mass is 9.84. The van der Waals surface area contributed by atoms with Crippen LogP contribution in [0.15, 0.2) is 0 Å². The summed E-state index contributed by atoms with van der Waals surface area (Å²) >= 11 is 4.81. The Morgan fingerprint density at radius 3 is 2.24 bits per heavy atom. The Bertz CT molecular complexity index is 271. The fourth-order valence-electron chi connectivity index (χ4n) is 2.12. The zero-order chi connectivity index (χ0) is 13.6. The number of nitrogens with one attached hydrogen (secondary N) is 1. The van der Waals surface area contributed by atoms with Crippen molar-refractivity contribution < 1.29 is 4.79 Å². The van der Waals surface area contributed by atoms with E-state index in [2.05, 4.69) is 33.0 Å². The summed E-state index contributed by atoms with van der Waals surface area (Å²) < 4.78 is 0. The second-order valence-electron chi connectivity index (χ2n) is 6.21. The van der Waals surface area contributed by atoms with Gasteiger partial charge in [0.25, 0.3) is 0 Å². The molecule has 1 amide bonds. The molecule has 0 aliphatic carbocycles. The molecular formula is C13H26N2OS. The summed E-state index contributed by atoms with van der Waals surface area (Å²) in [7, 11) is 0. The Morgan fingerprint density at radius 2 is 1.82 bits per heavy atom. The van der Waals surface area contributed by atoms with Gasteiger partial charge in [0, 0.05) is 18.9 Å². The van der Waals surface area contributed by atoms with Crippen LogP contribution in [-0.4, -0.2) is 16.9 Å². The number of thiocarbonyl (C=S) groups is 1. The molecule has 0 aromatic heterocycles. The summed E-state index contributed by atoms with van der Waals surface area (Å²) in [6.07, 6.45) is 2.18. The van der Waals surface area contributed by atoms with E-state index in [-0.39, 0.29) is 17.4 Å². The maximum atomic E-state index is 11.7. The molecule has 17 heavy (non-hydrogen) atoms. The maximum Gasteiger partial charge on any atom is 0.220 e. The minimum atomic E-state index is 0.0295. The summed E-state index contributed by atoms with van der Waals surface area (Å²) in [6.45, 7) is 10.6. The molecule has 0 heterocycles. The van der Waals surface area contributed by atoms with Gasteiger partial charge < -0.3 is 11.1 Å². The average Bonchev–Trinajstić information content (AvgIpc) is 1.95. The second kappa shape index (κ2) is 6.94. The highest BCUT2D eigenvalue weighted by atomic mass is 32.1. The van der Waals surface area contributed by atoms with E-state index in [1.165, 1.54) is 0 Å². The Morgan fingerprint density at radius 1 is 1.29 bits per heavy atom. The molecule has 2 unspecified atom stereocenters. The van der Waals surface area contributed by atoms with Crippen LogP contribution in [0.5, 0.6) is 0 Å². The van der Waals surface area contributed by atoms with Crippen LogP contribution in [0.4, 0.5) is 0 Å². The van der Waals surface area contributed by atoms with E-state index in [1.807, 2.05) is 6.92 Å². The highest BCUT2D eigenvalue weighted by molar-refractivity contribution is 7.80. The van der Waals surface area contributed by atoms with Crippen molar-refractivity contribution in [2.75, 3.05) is 0 Å². The normalized spacial score (nSPS) is 15.1. The minimum Gasteiger partial charge on any atom is -0.393 e. The summed E-state index contributed by atoms with van der Waals surface area (Å²) in [6, 6.07) is 0.0295. The lowest BCUT2D eigenvalue weighted by Crippen LogP contribution is -2.36. The molecule has 0 saturated heterocycles. The monoisotopic (exact) mass is 258 g/mol. The number of hydrogen-bond donors (Lipinski definition) is 2. The predicted molar refractivity (Wildman–Crippen MR) is 76.9 cm³/mol. The molecule has 3 nitrogen and oxygen atoms in total. The highest BCUT2D eigenvalue weighted by Crippen LogP contribution is 2.25. The molecule has 0 bridgehead atoms. The van der Waals surface area contributed by atoms with Gasteiger partial charge in [0.2, 0.25) is 5.91 Å². The molecule has 0 fully saturated rings. The van der Waals surface area contributed by atoms with Crippen LogP contribution in [0.1, 0.15) is 53.9 Å². The molecule has 0 saturated carbocycles. The van der Waals surface area contributed by atoms with E-state index in [9.17, 15) is 4.79 Å². The lowest BCUT2D eigenvalue weighted by molar-refractivity contribution is -0.122. The van der Waals surface area contributed by atoms with E-state index >= 15 is 0 Å². The van der Waals surface area contributed by atoms with Crippen molar-refractivity contribution in [3.8, 4) is 0 Å². The molecule has 4 heteroatoms. The Hall–Kier alpha value is -0.640. The van der Waals surface area contributed by atoms with E-state index < -0.39 is 0 Å². The molecule has 0 radical (unpaired) electrons. The van der Waals surface area contributed by atoms with Crippen LogP contribution in [0.25, 0.3) is 0 Å². The van der Waals surface area contributed by atoms with Crippen molar-refractivity contribution >= 4 is 23.1 Å². The van der Waals surface area contributed by atoms with Gasteiger partial charge in [-0.1, -0.05) is 39.9 Å². The molecule has 0 rings (SSSR count). The molecular weight excluding hydrogens is 232 g/mol. The maximum absolute atomic E-state index is 11.7. The highest BCUT2D eigenvalue weighted by Gasteiger charge is 2.18. The van der Waals surface area contributed by atoms with Crippen LogP contribution in [0.2, 0.25) is 0 Å². The zero-order valence-corrected chi connectivity index (χ0v) is 12.5. The molecule has 0 aromatic rings. The molecule has 0 aromatic carbocycles. The standard InChI is InChI=1S/C13H26N2OS/c1-9(8-13(3,4)5)6-12(16)15-10(2)7-11(14)17/h9-10H,6-8H2,1-5H3,(H2,14,17)(H,15,16). The lowest BCUT2D eigenvalue weighted by Gasteiger charge is -2.23. The average molecular weight is 258 g/mol. The number of carbonyl (C=O) groups is 1. The SMILES string of the molecule is CC(CC(=O)NC(C)CC(N)=S)CC(C)(C)C. The van der Waals surface area contributed by atoms with Crippen molar-refractivity contribution in [1.29, 1.82) is 0 Å². The van der Waals surface area contributed by atoms with Crippen LogP contribution in [-0.2, 0) is 4.79 Å². The number of amides is 1. The van der Waals surface area contributed by atoms with Gasteiger partial charge in [-0.25, -0.2) is 0 Å². The third kappa shape index (κ3) is 10.2. The largest absolute Gasteiger partial charge is 0.393 e. The number of hydrogen-bond acceptors (Lipinski definition) is 2. The Balaban J connectivity index is 3.97. The van der Waals surface area contributed by atoms with Crippen LogP contribution in [0, 0.1) is 11.3 Å². The van der Waals surface area contributed by atoms with Gasteiger partial charge in [-0.15, -0.1) is 0 Å². The first-order valence-corrected chi connectivity index (χ1v) is 6.58. The van der Waals surface area contributed by atoms with Crippen molar-refractivity contribution in [2.24, 2.45) is 17.1 Å². The molecule has 0 spiro atoms. The van der Waals surface area contributed by atoms with Gasteiger partial charge >= 0.3 is 0 Å². The van der Waals surface area contributed by atoms with Gasteiger partial charge in [-0.05, 0) is 24.7 Å². The minimum absolute atomic E-state index is 0.0295. The first-order valence-electron chi connectivity index (χ1n) is 6.18. The Kier molecular flexibility index (Phi) is 6.68. The van der Waals surface area contributed by atoms with E-state index in [0.29, 0.717) is 23.7 Å². The quantitative estimate of drug-likeness (QED) is 0.720. The predicted octanol–water partition coefficient (Wildman–Crippen LogP) is 2.63. The van der Waals surface area contributed by atoms with Gasteiger partial charge in [-0.3, -0.25) is 4.79 Å². The van der Waals surface area contributed by atoms with E-state index in [0.717, 1.165) is 6.42 Å². The van der Waals surface area contributed by atoms with Gasteiger partial charge in [0.1, 0.15) is 0 Å². The third-order valence-electron chi connectivity index (χ3n) is 2.41. The Labute approximate surface area is 111 Å².